The molecule has 1 N–H and O–H groups in total. The SMILES string of the molecule is C/C=C/CC(CC)CCC.CO. The van der Waals surface area contributed by atoms with E-state index in [1.807, 2.05) is 0 Å². The van der Waals surface area contributed by atoms with Gasteiger partial charge in [0.25, 0.3) is 0 Å². The van der Waals surface area contributed by atoms with Gasteiger partial charge in [-0.15, -0.1) is 0 Å². The molecule has 0 aromatic carbocycles. The summed E-state index contributed by atoms with van der Waals surface area (Å²) in [5, 5.41) is 7.00. The first-order valence-electron chi connectivity index (χ1n) is 4.91. The summed E-state index contributed by atoms with van der Waals surface area (Å²) in [6.45, 7) is 6.64. The first-order chi connectivity index (χ1) is 5.85. The Labute approximate surface area is 77.5 Å². The van der Waals surface area contributed by atoms with E-state index in [9.17, 15) is 0 Å². The molecule has 1 heteroatoms. The zero-order valence-corrected chi connectivity index (χ0v) is 9.01. The molecule has 0 aromatic rings. The van der Waals surface area contributed by atoms with Crippen LogP contribution in [0.2, 0.25) is 0 Å². The Bertz CT molecular complexity index is 87.0. The van der Waals surface area contributed by atoms with Crippen LogP contribution >= 0.6 is 0 Å². The van der Waals surface area contributed by atoms with Gasteiger partial charge in [-0.05, 0) is 19.3 Å². The van der Waals surface area contributed by atoms with E-state index in [4.69, 9.17) is 5.11 Å². The lowest BCUT2D eigenvalue weighted by molar-refractivity contribution is 0.399. The molecule has 0 saturated carbocycles. The van der Waals surface area contributed by atoms with Crippen molar-refractivity contribution < 1.29 is 5.11 Å². The molecule has 0 spiro atoms. The minimum Gasteiger partial charge on any atom is -0.400 e. The van der Waals surface area contributed by atoms with Crippen LogP contribution in [0.25, 0.3) is 0 Å². The predicted octanol–water partition coefficient (Wildman–Crippen LogP) is 3.39. The van der Waals surface area contributed by atoms with E-state index in [2.05, 4.69) is 32.9 Å². The van der Waals surface area contributed by atoms with Crippen molar-refractivity contribution in [2.75, 3.05) is 7.11 Å². The van der Waals surface area contributed by atoms with Crippen LogP contribution in [-0.2, 0) is 0 Å². The maximum absolute atomic E-state index is 7.00. The van der Waals surface area contributed by atoms with Gasteiger partial charge in [0, 0.05) is 7.11 Å². The van der Waals surface area contributed by atoms with Gasteiger partial charge in [0.15, 0.2) is 0 Å². The number of allylic oxidation sites excluding steroid dienone is 2. The average molecular weight is 172 g/mol. The standard InChI is InChI=1S/C10H20.CH4O/c1-4-7-9-10(6-3)8-5-2;1-2/h4,7,10H,5-6,8-9H2,1-3H3;2H,1H3/b7-4+;. The predicted molar refractivity (Wildman–Crippen MR) is 56.3 cm³/mol. The topological polar surface area (TPSA) is 20.2 Å². The number of aliphatic hydroxyl groups is 1. The second kappa shape index (κ2) is 13.3. The molecule has 0 aliphatic heterocycles. The van der Waals surface area contributed by atoms with Gasteiger partial charge in [0.1, 0.15) is 0 Å². The fourth-order valence-electron chi connectivity index (χ4n) is 1.23. The van der Waals surface area contributed by atoms with Crippen molar-refractivity contribution in [3.8, 4) is 0 Å². The van der Waals surface area contributed by atoms with Crippen LogP contribution in [0.1, 0.15) is 46.5 Å². The number of aliphatic hydroxyl groups excluding tert-OH is 1. The monoisotopic (exact) mass is 172 g/mol. The normalized spacial score (nSPS) is 12.4. The fraction of sp³-hybridized carbons (Fsp3) is 0.818. The molecule has 74 valence electrons. The molecule has 0 aromatic heterocycles. The molecule has 0 saturated heterocycles. The third-order valence-corrected chi connectivity index (χ3v) is 1.98. The Morgan fingerprint density at radius 1 is 1.25 bits per heavy atom. The van der Waals surface area contributed by atoms with Crippen molar-refractivity contribution in [1.82, 2.24) is 0 Å². The van der Waals surface area contributed by atoms with Crippen LogP contribution in [0.4, 0.5) is 0 Å². The first kappa shape index (κ1) is 14.2. The third-order valence-electron chi connectivity index (χ3n) is 1.98. The van der Waals surface area contributed by atoms with Crippen molar-refractivity contribution in [3.63, 3.8) is 0 Å². The summed E-state index contributed by atoms with van der Waals surface area (Å²) in [6.07, 6.45) is 9.76. The zero-order chi connectivity index (χ0) is 9.82. The van der Waals surface area contributed by atoms with E-state index in [1.165, 1.54) is 25.7 Å². The van der Waals surface area contributed by atoms with E-state index in [-0.39, 0.29) is 0 Å². The molecule has 0 fully saturated rings. The molecule has 0 rings (SSSR count). The van der Waals surface area contributed by atoms with Crippen molar-refractivity contribution in [2.45, 2.75) is 46.5 Å². The smallest absolute Gasteiger partial charge is 0.0319 e. The summed E-state index contributed by atoms with van der Waals surface area (Å²) in [5.41, 5.74) is 0. The van der Waals surface area contributed by atoms with E-state index >= 15 is 0 Å². The highest BCUT2D eigenvalue weighted by molar-refractivity contribution is 4.79. The second-order valence-corrected chi connectivity index (χ2v) is 2.87. The zero-order valence-electron chi connectivity index (χ0n) is 9.01. The number of hydrogen-bond acceptors (Lipinski definition) is 1. The summed E-state index contributed by atoms with van der Waals surface area (Å²) in [4.78, 5) is 0. The largest absolute Gasteiger partial charge is 0.400 e. The molecule has 0 aliphatic carbocycles. The van der Waals surface area contributed by atoms with Gasteiger partial charge in [0.2, 0.25) is 0 Å². The van der Waals surface area contributed by atoms with Gasteiger partial charge in [-0.25, -0.2) is 0 Å². The molecule has 1 atom stereocenters. The second-order valence-electron chi connectivity index (χ2n) is 2.87. The van der Waals surface area contributed by atoms with Gasteiger partial charge in [-0.1, -0.05) is 45.3 Å². The van der Waals surface area contributed by atoms with E-state index in [0.717, 1.165) is 13.0 Å². The van der Waals surface area contributed by atoms with Gasteiger partial charge in [0.05, 0.1) is 0 Å². The van der Waals surface area contributed by atoms with Crippen LogP contribution in [0.15, 0.2) is 12.2 Å². The molecular formula is C11H24O. The van der Waals surface area contributed by atoms with Crippen molar-refractivity contribution >= 4 is 0 Å². The Morgan fingerprint density at radius 2 is 1.83 bits per heavy atom. The van der Waals surface area contributed by atoms with E-state index < -0.39 is 0 Å². The summed E-state index contributed by atoms with van der Waals surface area (Å²) < 4.78 is 0. The Balaban J connectivity index is 0. The average Bonchev–Trinajstić information content (AvgIpc) is 2.15. The molecule has 12 heavy (non-hydrogen) atoms. The molecular weight excluding hydrogens is 148 g/mol. The summed E-state index contributed by atoms with van der Waals surface area (Å²) in [6, 6.07) is 0. The number of hydrogen-bond donors (Lipinski definition) is 1. The van der Waals surface area contributed by atoms with Crippen molar-refractivity contribution in [3.05, 3.63) is 12.2 Å². The summed E-state index contributed by atoms with van der Waals surface area (Å²) in [5.74, 6) is 0.932. The lowest BCUT2D eigenvalue weighted by atomic mass is 9.97. The van der Waals surface area contributed by atoms with Gasteiger partial charge in [-0.2, -0.15) is 0 Å². The third kappa shape index (κ3) is 9.70. The molecule has 0 aliphatic rings. The quantitative estimate of drug-likeness (QED) is 0.630. The highest BCUT2D eigenvalue weighted by Crippen LogP contribution is 2.15. The highest BCUT2D eigenvalue weighted by Gasteiger charge is 2.00. The highest BCUT2D eigenvalue weighted by atomic mass is 16.2. The Kier molecular flexibility index (Phi) is 15.8. The van der Waals surface area contributed by atoms with Gasteiger partial charge < -0.3 is 5.11 Å². The fourth-order valence-corrected chi connectivity index (χ4v) is 1.23. The molecule has 1 unspecified atom stereocenters. The molecule has 0 bridgehead atoms. The molecule has 0 amide bonds. The maximum Gasteiger partial charge on any atom is 0.0319 e. The molecule has 0 heterocycles. The Morgan fingerprint density at radius 3 is 2.17 bits per heavy atom. The molecule has 0 radical (unpaired) electrons. The van der Waals surface area contributed by atoms with Crippen molar-refractivity contribution in [2.24, 2.45) is 5.92 Å². The lowest BCUT2D eigenvalue weighted by Gasteiger charge is -2.09. The minimum absolute atomic E-state index is 0.932. The van der Waals surface area contributed by atoms with Crippen LogP contribution < -0.4 is 0 Å². The number of rotatable bonds is 5. The maximum atomic E-state index is 7.00. The summed E-state index contributed by atoms with van der Waals surface area (Å²) >= 11 is 0. The van der Waals surface area contributed by atoms with Crippen LogP contribution in [0, 0.1) is 5.92 Å². The van der Waals surface area contributed by atoms with Crippen LogP contribution in [0.3, 0.4) is 0 Å². The Hall–Kier alpha value is -0.300. The minimum atomic E-state index is 0.932. The van der Waals surface area contributed by atoms with E-state index in [0.29, 0.717) is 0 Å². The van der Waals surface area contributed by atoms with E-state index in [1.54, 1.807) is 0 Å². The van der Waals surface area contributed by atoms with Crippen LogP contribution in [0.5, 0.6) is 0 Å². The molecule has 1 nitrogen and oxygen atoms in total. The van der Waals surface area contributed by atoms with Gasteiger partial charge in [-0.3, -0.25) is 0 Å². The lowest BCUT2D eigenvalue weighted by Crippen LogP contribution is -1.95. The van der Waals surface area contributed by atoms with Gasteiger partial charge >= 0.3 is 0 Å². The summed E-state index contributed by atoms with van der Waals surface area (Å²) in [7, 11) is 1.00. The van der Waals surface area contributed by atoms with Crippen molar-refractivity contribution in [1.29, 1.82) is 0 Å². The first-order valence-corrected chi connectivity index (χ1v) is 4.91. The van der Waals surface area contributed by atoms with Crippen LogP contribution in [-0.4, -0.2) is 12.2 Å².